The van der Waals surface area contributed by atoms with Crippen LogP contribution in [-0.4, -0.2) is 88.1 Å². The largest absolute Gasteiger partial charge is 0.497 e. The van der Waals surface area contributed by atoms with E-state index < -0.39 is 9.84 Å². The fourth-order valence-corrected chi connectivity index (χ4v) is 5.64. The van der Waals surface area contributed by atoms with E-state index in [-0.39, 0.29) is 23.5 Å². The third-order valence-corrected chi connectivity index (χ3v) is 7.21. The Labute approximate surface area is 161 Å². The molecule has 0 aliphatic carbocycles. The van der Waals surface area contributed by atoms with Gasteiger partial charge in [-0.25, -0.2) is 8.42 Å². The van der Waals surface area contributed by atoms with Gasteiger partial charge in [0.15, 0.2) is 9.84 Å². The molecule has 7 nitrogen and oxygen atoms in total. The molecule has 27 heavy (non-hydrogen) atoms. The third kappa shape index (κ3) is 4.93. The normalized spacial score (nSPS) is 22.6. The number of ether oxygens (including phenoxy) is 1. The number of likely N-dealkylation sites (N-methyl/N-ethyl adjacent to an activating group) is 1. The molecule has 1 aromatic carbocycles. The summed E-state index contributed by atoms with van der Waals surface area (Å²) in [6, 6.07) is 7.86. The number of hydrogen-bond donors (Lipinski definition) is 0. The smallest absolute Gasteiger partial charge is 0.237 e. The summed E-state index contributed by atoms with van der Waals surface area (Å²) in [7, 11) is -1.32. The lowest BCUT2D eigenvalue weighted by molar-refractivity contribution is -0.134. The van der Waals surface area contributed by atoms with Crippen LogP contribution in [0.5, 0.6) is 5.75 Å². The first-order chi connectivity index (χ1) is 12.9. The summed E-state index contributed by atoms with van der Waals surface area (Å²) in [5.74, 6) is 1.18. The lowest BCUT2D eigenvalue weighted by Gasteiger charge is -2.37. The standard InChI is InChI=1S/C19H29N3O4S/c1-3-22(17-7-12-27(24,25)15-17)19(23)14-20-8-10-21(11-9-20)16-5-4-6-18(13-16)26-2/h4-6,13,17H,3,7-12,14-15H2,1-2H3/t17-/m0/s1. The van der Waals surface area contributed by atoms with Gasteiger partial charge in [0.2, 0.25) is 5.91 Å². The summed E-state index contributed by atoms with van der Waals surface area (Å²) in [5, 5.41) is 0. The van der Waals surface area contributed by atoms with Crippen molar-refractivity contribution in [2.24, 2.45) is 0 Å². The third-order valence-electron chi connectivity index (χ3n) is 5.46. The Morgan fingerprint density at radius 2 is 2.00 bits per heavy atom. The van der Waals surface area contributed by atoms with Crippen molar-refractivity contribution in [2.75, 3.05) is 62.8 Å². The molecule has 0 aromatic heterocycles. The number of nitrogens with zero attached hydrogens (tertiary/aromatic N) is 3. The predicted molar refractivity (Wildman–Crippen MR) is 106 cm³/mol. The topological polar surface area (TPSA) is 70.2 Å². The van der Waals surface area contributed by atoms with Gasteiger partial charge in [-0.1, -0.05) is 6.07 Å². The highest BCUT2D eigenvalue weighted by Crippen LogP contribution is 2.22. The minimum atomic E-state index is -2.99. The quantitative estimate of drug-likeness (QED) is 0.711. The van der Waals surface area contributed by atoms with Crippen LogP contribution in [0.3, 0.4) is 0 Å². The minimum Gasteiger partial charge on any atom is -0.497 e. The van der Waals surface area contributed by atoms with Crippen LogP contribution in [0.25, 0.3) is 0 Å². The van der Waals surface area contributed by atoms with Crippen LogP contribution in [-0.2, 0) is 14.6 Å². The van der Waals surface area contributed by atoms with Crippen molar-refractivity contribution in [3.63, 3.8) is 0 Å². The highest BCUT2D eigenvalue weighted by Gasteiger charge is 2.34. The van der Waals surface area contributed by atoms with Crippen LogP contribution in [0.1, 0.15) is 13.3 Å². The number of anilines is 1. The van der Waals surface area contributed by atoms with E-state index in [1.54, 1.807) is 12.0 Å². The Morgan fingerprint density at radius 1 is 1.26 bits per heavy atom. The molecule has 1 atom stereocenters. The molecular formula is C19H29N3O4S. The first-order valence-corrected chi connectivity index (χ1v) is 11.3. The Hall–Kier alpha value is -1.80. The molecule has 2 aliphatic rings. The highest BCUT2D eigenvalue weighted by atomic mass is 32.2. The molecule has 3 rings (SSSR count). The van der Waals surface area contributed by atoms with Gasteiger partial charge in [-0.2, -0.15) is 0 Å². The van der Waals surface area contributed by atoms with Crippen LogP contribution in [0.15, 0.2) is 24.3 Å². The van der Waals surface area contributed by atoms with Gasteiger partial charge in [0, 0.05) is 50.5 Å². The van der Waals surface area contributed by atoms with Gasteiger partial charge in [0.05, 0.1) is 25.2 Å². The number of hydrogen-bond acceptors (Lipinski definition) is 6. The average Bonchev–Trinajstić information content (AvgIpc) is 3.02. The Kier molecular flexibility index (Phi) is 6.26. The molecule has 0 spiro atoms. The van der Waals surface area contributed by atoms with E-state index in [1.165, 1.54) is 0 Å². The molecule has 2 heterocycles. The molecule has 1 amide bonds. The summed E-state index contributed by atoms with van der Waals surface area (Å²) < 4.78 is 28.7. The lowest BCUT2D eigenvalue weighted by Crippen LogP contribution is -2.51. The summed E-state index contributed by atoms with van der Waals surface area (Å²) in [6.45, 7) is 6.16. The number of benzene rings is 1. The van der Waals surface area contributed by atoms with Crippen molar-refractivity contribution in [1.29, 1.82) is 0 Å². The van der Waals surface area contributed by atoms with Crippen molar-refractivity contribution in [1.82, 2.24) is 9.80 Å². The van der Waals surface area contributed by atoms with Crippen LogP contribution in [0, 0.1) is 0 Å². The van der Waals surface area contributed by atoms with Gasteiger partial charge in [0.1, 0.15) is 5.75 Å². The molecule has 8 heteroatoms. The molecule has 1 aromatic rings. The fourth-order valence-electron chi connectivity index (χ4n) is 3.91. The van der Waals surface area contributed by atoms with Gasteiger partial charge < -0.3 is 14.5 Å². The first kappa shape index (κ1) is 19.9. The first-order valence-electron chi connectivity index (χ1n) is 9.53. The number of sulfone groups is 1. The Morgan fingerprint density at radius 3 is 2.59 bits per heavy atom. The van der Waals surface area contributed by atoms with E-state index in [1.807, 2.05) is 25.1 Å². The van der Waals surface area contributed by atoms with Gasteiger partial charge in [-0.3, -0.25) is 9.69 Å². The van der Waals surface area contributed by atoms with Crippen LogP contribution in [0.2, 0.25) is 0 Å². The maximum absolute atomic E-state index is 12.7. The number of rotatable bonds is 6. The van der Waals surface area contributed by atoms with Gasteiger partial charge in [0.25, 0.3) is 0 Å². The Balaban J connectivity index is 1.53. The molecule has 0 bridgehead atoms. The maximum Gasteiger partial charge on any atom is 0.237 e. The molecule has 0 saturated carbocycles. The zero-order valence-corrected chi connectivity index (χ0v) is 17.0. The van der Waals surface area contributed by atoms with Crippen molar-refractivity contribution >= 4 is 21.4 Å². The summed E-state index contributed by atoms with van der Waals surface area (Å²) in [5.41, 5.74) is 1.13. The summed E-state index contributed by atoms with van der Waals surface area (Å²) in [6.07, 6.45) is 0.561. The average molecular weight is 396 g/mol. The minimum absolute atomic E-state index is 0.0365. The highest BCUT2D eigenvalue weighted by molar-refractivity contribution is 7.91. The molecular weight excluding hydrogens is 366 g/mol. The lowest BCUT2D eigenvalue weighted by atomic mass is 10.2. The SMILES string of the molecule is CCN(C(=O)CN1CCN(c2cccc(OC)c2)CC1)[C@H]1CCS(=O)(=O)C1. The van der Waals surface area contributed by atoms with Gasteiger partial charge >= 0.3 is 0 Å². The van der Waals surface area contributed by atoms with Crippen LogP contribution >= 0.6 is 0 Å². The second kappa shape index (κ2) is 8.48. The summed E-state index contributed by atoms with van der Waals surface area (Å²) >= 11 is 0. The molecule has 150 valence electrons. The van der Waals surface area contributed by atoms with Gasteiger partial charge in [-0.15, -0.1) is 0 Å². The number of methoxy groups -OCH3 is 1. The molecule has 2 aliphatic heterocycles. The second-order valence-corrected chi connectivity index (χ2v) is 9.43. The maximum atomic E-state index is 12.7. The predicted octanol–water partition coefficient (Wildman–Crippen LogP) is 0.853. The molecule has 0 radical (unpaired) electrons. The van der Waals surface area contributed by atoms with Crippen LogP contribution < -0.4 is 9.64 Å². The van der Waals surface area contributed by atoms with E-state index >= 15 is 0 Å². The molecule has 2 fully saturated rings. The van der Waals surface area contributed by atoms with Crippen molar-refractivity contribution < 1.29 is 17.9 Å². The van der Waals surface area contributed by atoms with Crippen molar-refractivity contribution in [2.45, 2.75) is 19.4 Å². The van der Waals surface area contributed by atoms with E-state index in [0.717, 1.165) is 37.6 Å². The number of piperazine rings is 1. The number of amides is 1. The monoisotopic (exact) mass is 395 g/mol. The molecule has 0 unspecified atom stereocenters. The van der Waals surface area contributed by atoms with Gasteiger partial charge in [-0.05, 0) is 25.5 Å². The van der Waals surface area contributed by atoms with E-state index in [2.05, 4.69) is 15.9 Å². The zero-order chi connectivity index (χ0) is 19.4. The van der Waals surface area contributed by atoms with E-state index in [9.17, 15) is 13.2 Å². The van der Waals surface area contributed by atoms with E-state index in [0.29, 0.717) is 19.5 Å². The Bertz CT molecular complexity index is 760. The number of carbonyl (C=O) groups is 1. The molecule has 0 N–H and O–H groups in total. The van der Waals surface area contributed by atoms with E-state index in [4.69, 9.17) is 4.74 Å². The second-order valence-electron chi connectivity index (χ2n) is 7.20. The summed E-state index contributed by atoms with van der Waals surface area (Å²) in [4.78, 5) is 18.9. The van der Waals surface area contributed by atoms with Crippen LogP contribution in [0.4, 0.5) is 5.69 Å². The van der Waals surface area contributed by atoms with Crippen molar-refractivity contribution in [3.05, 3.63) is 24.3 Å². The van der Waals surface area contributed by atoms with Crippen molar-refractivity contribution in [3.8, 4) is 5.75 Å². The molecule has 2 saturated heterocycles. The zero-order valence-electron chi connectivity index (χ0n) is 16.1. The fraction of sp³-hybridized carbons (Fsp3) is 0.632. The number of carbonyl (C=O) groups excluding carboxylic acids is 1.